The van der Waals surface area contributed by atoms with Crippen molar-refractivity contribution in [1.82, 2.24) is 0 Å². The summed E-state index contributed by atoms with van der Waals surface area (Å²) in [7, 11) is 0. The van der Waals surface area contributed by atoms with E-state index in [4.69, 9.17) is 10.5 Å². The van der Waals surface area contributed by atoms with E-state index in [1.807, 2.05) is 0 Å². The van der Waals surface area contributed by atoms with E-state index in [1.54, 1.807) is 0 Å². The number of hydrogen-bond acceptors (Lipinski definition) is 2. The molecule has 1 saturated carbocycles. The quantitative estimate of drug-likeness (QED) is 0.891. The number of hydrogen-bond donors (Lipinski definition) is 1. The van der Waals surface area contributed by atoms with Crippen molar-refractivity contribution in [3.8, 4) is 5.75 Å². The summed E-state index contributed by atoms with van der Waals surface area (Å²) in [6, 6.07) is 6.47. The Kier molecular flexibility index (Phi) is 4.98. The van der Waals surface area contributed by atoms with Gasteiger partial charge in [0.2, 0.25) is 0 Å². The van der Waals surface area contributed by atoms with Gasteiger partial charge in [-0.1, -0.05) is 26.8 Å². The first kappa shape index (κ1) is 16.4. The topological polar surface area (TPSA) is 35.2 Å². The molecule has 3 unspecified atom stereocenters. The number of rotatable bonds is 3. The summed E-state index contributed by atoms with van der Waals surface area (Å²) in [5.74, 6) is 2.21. The minimum Gasteiger partial charge on any atom is -0.490 e. The van der Waals surface area contributed by atoms with E-state index in [0.717, 1.165) is 24.6 Å². The molecule has 2 nitrogen and oxygen atoms in total. The highest BCUT2D eigenvalue weighted by Gasteiger charge is 2.36. The standard InChI is InChI=1S/C19H31NO/c1-13-8-14(2)10-17(9-13)21-18-11-16(19(3,4)5)7-6-15(18)12-20/h8-10,15-16,18H,6-7,11-12,20H2,1-5H3. The van der Waals surface area contributed by atoms with Gasteiger partial charge in [0.1, 0.15) is 11.9 Å². The fraction of sp³-hybridized carbons (Fsp3) is 0.684. The maximum absolute atomic E-state index is 6.37. The van der Waals surface area contributed by atoms with Crippen LogP contribution in [-0.4, -0.2) is 12.6 Å². The zero-order valence-corrected chi connectivity index (χ0v) is 14.3. The van der Waals surface area contributed by atoms with Crippen LogP contribution in [0.4, 0.5) is 0 Å². The molecule has 2 heteroatoms. The van der Waals surface area contributed by atoms with Crippen LogP contribution >= 0.6 is 0 Å². The molecule has 1 aromatic carbocycles. The zero-order chi connectivity index (χ0) is 15.6. The third-order valence-corrected chi connectivity index (χ3v) is 4.94. The van der Waals surface area contributed by atoms with E-state index >= 15 is 0 Å². The largest absolute Gasteiger partial charge is 0.490 e. The molecule has 1 fully saturated rings. The predicted molar refractivity (Wildman–Crippen MR) is 89.7 cm³/mol. The van der Waals surface area contributed by atoms with Crippen molar-refractivity contribution in [1.29, 1.82) is 0 Å². The van der Waals surface area contributed by atoms with Crippen LogP contribution in [0.25, 0.3) is 0 Å². The van der Waals surface area contributed by atoms with Crippen LogP contribution in [0.1, 0.15) is 51.2 Å². The molecule has 21 heavy (non-hydrogen) atoms. The minimum absolute atomic E-state index is 0.258. The summed E-state index contributed by atoms with van der Waals surface area (Å²) in [4.78, 5) is 0. The molecule has 1 aromatic rings. The molecule has 0 aliphatic heterocycles. The molecule has 1 aliphatic rings. The second-order valence-corrected chi connectivity index (χ2v) is 7.85. The summed E-state index contributed by atoms with van der Waals surface area (Å²) in [6.07, 6.45) is 3.85. The van der Waals surface area contributed by atoms with Gasteiger partial charge < -0.3 is 10.5 Å². The van der Waals surface area contributed by atoms with Crippen molar-refractivity contribution >= 4 is 0 Å². The summed E-state index contributed by atoms with van der Waals surface area (Å²) in [6.45, 7) is 12.0. The van der Waals surface area contributed by atoms with E-state index in [0.29, 0.717) is 11.3 Å². The summed E-state index contributed by atoms with van der Waals surface area (Å²) >= 11 is 0. The van der Waals surface area contributed by atoms with Gasteiger partial charge in [-0.3, -0.25) is 0 Å². The lowest BCUT2D eigenvalue weighted by Gasteiger charge is -2.41. The van der Waals surface area contributed by atoms with Crippen molar-refractivity contribution in [3.63, 3.8) is 0 Å². The Morgan fingerprint density at radius 2 is 1.71 bits per heavy atom. The number of benzene rings is 1. The van der Waals surface area contributed by atoms with Crippen LogP contribution in [0.15, 0.2) is 18.2 Å². The lowest BCUT2D eigenvalue weighted by Crippen LogP contribution is -2.41. The van der Waals surface area contributed by atoms with Crippen molar-refractivity contribution < 1.29 is 4.74 Å². The van der Waals surface area contributed by atoms with Crippen LogP contribution in [0.2, 0.25) is 0 Å². The second-order valence-electron chi connectivity index (χ2n) is 7.85. The Hall–Kier alpha value is -1.02. The molecule has 2 rings (SSSR count). The molecule has 3 atom stereocenters. The third-order valence-electron chi connectivity index (χ3n) is 4.94. The monoisotopic (exact) mass is 289 g/mol. The summed E-state index contributed by atoms with van der Waals surface area (Å²) in [5.41, 5.74) is 8.86. The molecule has 0 bridgehead atoms. The smallest absolute Gasteiger partial charge is 0.120 e. The van der Waals surface area contributed by atoms with Crippen molar-refractivity contribution in [3.05, 3.63) is 29.3 Å². The fourth-order valence-electron chi connectivity index (χ4n) is 3.57. The first-order chi connectivity index (χ1) is 9.79. The zero-order valence-electron chi connectivity index (χ0n) is 14.3. The van der Waals surface area contributed by atoms with Gasteiger partial charge in [0.25, 0.3) is 0 Å². The molecular formula is C19H31NO. The first-order valence-corrected chi connectivity index (χ1v) is 8.24. The molecule has 1 aliphatic carbocycles. The Bertz CT molecular complexity index is 455. The Labute approximate surface area is 130 Å². The highest BCUT2D eigenvalue weighted by molar-refractivity contribution is 5.33. The van der Waals surface area contributed by atoms with Crippen LogP contribution in [0, 0.1) is 31.1 Å². The number of aryl methyl sites for hydroxylation is 2. The first-order valence-electron chi connectivity index (χ1n) is 8.24. The molecule has 0 amide bonds. The van der Waals surface area contributed by atoms with Crippen LogP contribution in [-0.2, 0) is 0 Å². The van der Waals surface area contributed by atoms with E-state index < -0.39 is 0 Å². The Morgan fingerprint density at radius 3 is 2.24 bits per heavy atom. The third kappa shape index (κ3) is 4.23. The van der Waals surface area contributed by atoms with Gasteiger partial charge >= 0.3 is 0 Å². The Balaban J connectivity index is 2.14. The molecule has 0 spiro atoms. The van der Waals surface area contributed by atoms with Gasteiger partial charge in [0, 0.05) is 5.92 Å². The molecular weight excluding hydrogens is 258 g/mol. The molecule has 0 radical (unpaired) electrons. The molecule has 118 valence electrons. The van der Waals surface area contributed by atoms with E-state index in [-0.39, 0.29) is 6.10 Å². The number of ether oxygens (including phenoxy) is 1. The van der Waals surface area contributed by atoms with Crippen LogP contribution < -0.4 is 10.5 Å². The van der Waals surface area contributed by atoms with Crippen molar-refractivity contribution in [2.24, 2.45) is 23.0 Å². The molecule has 0 aromatic heterocycles. The van der Waals surface area contributed by atoms with E-state index in [9.17, 15) is 0 Å². The maximum Gasteiger partial charge on any atom is 0.120 e. The van der Waals surface area contributed by atoms with Crippen molar-refractivity contribution in [2.45, 2.75) is 60.0 Å². The lowest BCUT2D eigenvalue weighted by atomic mass is 9.68. The van der Waals surface area contributed by atoms with Crippen molar-refractivity contribution in [2.75, 3.05) is 6.54 Å². The van der Waals surface area contributed by atoms with Gasteiger partial charge in [-0.25, -0.2) is 0 Å². The average Bonchev–Trinajstić information content (AvgIpc) is 2.36. The highest BCUT2D eigenvalue weighted by atomic mass is 16.5. The van der Waals surface area contributed by atoms with E-state index in [1.165, 1.54) is 24.0 Å². The maximum atomic E-state index is 6.37. The second kappa shape index (κ2) is 6.39. The van der Waals surface area contributed by atoms with Crippen LogP contribution in [0.5, 0.6) is 5.75 Å². The predicted octanol–water partition coefficient (Wildman–Crippen LogP) is 4.47. The Morgan fingerprint density at radius 1 is 1.10 bits per heavy atom. The summed E-state index contributed by atoms with van der Waals surface area (Å²) in [5, 5.41) is 0. The molecule has 2 N–H and O–H groups in total. The normalized spacial score (nSPS) is 26.7. The van der Waals surface area contributed by atoms with Crippen LogP contribution in [0.3, 0.4) is 0 Å². The molecule has 0 heterocycles. The molecule has 0 saturated heterocycles. The van der Waals surface area contributed by atoms with Gasteiger partial charge in [-0.15, -0.1) is 0 Å². The summed E-state index contributed by atoms with van der Waals surface area (Å²) < 4.78 is 6.37. The minimum atomic E-state index is 0.258. The highest BCUT2D eigenvalue weighted by Crippen LogP contribution is 2.41. The average molecular weight is 289 g/mol. The van der Waals surface area contributed by atoms with E-state index in [2.05, 4.69) is 52.8 Å². The SMILES string of the molecule is Cc1cc(C)cc(OC2CC(C(C)(C)C)CCC2CN)c1. The van der Waals surface area contributed by atoms with Gasteiger partial charge in [-0.2, -0.15) is 0 Å². The van der Waals surface area contributed by atoms with Gasteiger partial charge in [-0.05, 0) is 74.2 Å². The number of nitrogens with two attached hydrogens (primary N) is 1. The fourth-order valence-corrected chi connectivity index (χ4v) is 3.57. The van der Waals surface area contributed by atoms with Gasteiger partial charge in [0.05, 0.1) is 0 Å². The lowest BCUT2D eigenvalue weighted by molar-refractivity contribution is 0.0331. The van der Waals surface area contributed by atoms with Gasteiger partial charge in [0.15, 0.2) is 0 Å².